The van der Waals surface area contributed by atoms with Crippen molar-refractivity contribution >= 4 is 5.97 Å². The first-order valence-corrected chi connectivity index (χ1v) is 4.96. The molecule has 0 aromatic carbocycles. The molecule has 0 saturated carbocycles. The number of aliphatic hydroxyl groups is 1. The molecule has 0 aliphatic carbocycles. The maximum Gasteiger partial charge on any atom is 0.443 e. The van der Waals surface area contributed by atoms with E-state index in [2.05, 4.69) is 16.1 Å². The van der Waals surface area contributed by atoms with Gasteiger partial charge in [-0.25, -0.2) is 0 Å². The van der Waals surface area contributed by atoms with Gasteiger partial charge >= 0.3 is 12.3 Å². The first-order chi connectivity index (χ1) is 8.33. The second-order valence-electron chi connectivity index (χ2n) is 4.39. The Morgan fingerprint density at radius 3 is 2.30 bits per heavy atom. The SMILES string of the molecule is C=[C-]C(=O)OC1(C)CC(F)(F)OC(O)(C(F)(F)F)C1.[Rh]. The van der Waals surface area contributed by atoms with Gasteiger partial charge in [-0.15, -0.1) is 0 Å². The van der Waals surface area contributed by atoms with Crippen LogP contribution in [0.3, 0.4) is 0 Å². The van der Waals surface area contributed by atoms with Gasteiger partial charge in [-0.1, -0.05) is 0 Å². The third-order valence-corrected chi connectivity index (χ3v) is 2.44. The van der Waals surface area contributed by atoms with Crippen molar-refractivity contribution in [3.63, 3.8) is 0 Å². The molecule has 0 amide bonds. The van der Waals surface area contributed by atoms with E-state index in [1.807, 2.05) is 0 Å². The van der Waals surface area contributed by atoms with Crippen LogP contribution in [0.4, 0.5) is 22.0 Å². The van der Waals surface area contributed by atoms with Gasteiger partial charge in [-0.2, -0.15) is 22.0 Å². The summed E-state index contributed by atoms with van der Waals surface area (Å²) < 4.78 is 71.8. The zero-order valence-corrected chi connectivity index (χ0v) is 11.7. The van der Waals surface area contributed by atoms with Crippen molar-refractivity contribution in [1.82, 2.24) is 0 Å². The van der Waals surface area contributed by atoms with E-state index in [0.717, 1.165) is 6.92 Å². The molecule has 1 N–H and O–H groups in total. The van der Waals surface area contributed by atoms with Gasteiger partial charge in [0, 0.05) is 19.5 Å². The van der Waals surface area contributed by atoms with Gasteiger partial charge in [0.2, 0.25) is 0 Å². The largest absolute Gasteiger partial charge is 0.483 e. The third kappa shape index (κ3) is 4.20. The zero-order valence-electron chi connectivity index (χ0n) is 10.0. The number of hydrogen-bond donors (Lipinski definition) is 1. The fraction of sp³-hybridized carbons (Fsp3) is 0.700. The van der Waals surface area contributed by atoms with E-state index in [0.29, 0.717) is 0 Å². The fourth-order valence-electron chi connectivity index (χ4n) is 1.81. The molecular weight excluding hydrogens is 382 g/mol. The normalized spacial score (nSPS) is 33.0. The first kappa shape index (κ1) is 19.4. The van der Waals surface area contributed by atoms with Crippen LogP contribution in [0.15, 0.2) is 6.58 Å². The average molecular weight is 392 g/mol. The number of carbonyl (C=O) groups is 1. The summed E-state index contributed by atoms with van der Waals surface area (Å²) in [7, 11) is 0. The molecule has 1 fully saturated rings. The molecule has 0 aromatic heterocycles. The van der Waals surface area contributed by atoms with Gasteiger partial charge in [-0.05, 0) is 6.92 Å². The van der Waals surface area contributed by atoms with Gasteiger partial charge in [-0.3, -0.25) is 16.1 Å². The Hall–Kier alpha value is -0.597. The Balaban J connectivity index is 0.00000361. The van der Waals surface area contributed by atoms with Crippen LogP contribution in [0.25, 0.3) is 0 Å². The van der Waals surface area contributed by atoms with Crippen molar-refractivity contribution in [2.75, 3.05) is 0 Å². The van der Waals surface area contributed by atoms with E-state index in [-0.39, 0.29) is 19.5 Å². The number of alkyl halides is 5. The van der Waals surface area contributed by atoms with E-state index in [1.54, 1.807) is 6.08 Å². The standard InChI is InChI=1S/C10H10F5O4.Rh/c1-3-6(16)18-7(2)4-8(17,10(13,14)15)19-9(11,12)5-7;/h17H,1,4-5H2,2H3;/q-1;. The summed E-state index contributed by atoms with van der Waals surface area (Å²) in [5.41, 5.74) is -2.27. The molecule has 4 nitrogen and oxygen atoms in total. The van der Waals surface area contributed by atoms with Gasteiger partial charge < -0.3 is 15.9 Å². The van der Waals surface area contributed by atoms with Crippen LogP contribution in [0.5, 0.6) is 0 Å². The topological polar surface area (TPSA) is 55.8 Å². The van der Waals surface area contributed by atoms with E-state index in [1.165, 1.54) is 0 Å². The third-order valence-electron chi connectivity index (χ3n) is 2.44. The van der Waals surface area contributed by atoms with E-state index in [4.69, 9.17) is 0 Å². The summed E-state index contributed by atoms with van der Waals surface area (Å²) in [5.74, 6) is -5.41. The molecule has 119 valence electrons. The fourth-order valence-corrected chi connectivity index (χ4v) is 1.81. The zero-order chi connectivity index (χ0) is 15.1. The second kappa shape index (κ2) is 5.65. The van der Waals surface area contributed by atoms with Crippen molar-refractivity contribution in [1.29, 1.82) is 0 Å². The summed E-state index contributed by atoms with van der Waals surface area (Å²) in [6, 6.07) is 0. The molecule has 1 saturated heterocycles. The van der Waals surface area contributed by atoms with Gasteiger partial charge in [0.25, 0.3) is 5.79 Å². The summed E-state index contributed by atoms with van der Waals surface area (Å²) in [4.78, 5) is 10.9. The monoisotopic (exact) mass is 392 g/mol. The van der Waals surface area contributed by atoms with Crippen LogP contribution in [-0.2, 0) is 33.7 Å². The molecule has 0 bridgehead atoms. The quantitative estimate of drug-likeness (QED) is 0.257. The van der Waals surface area contributed by atoms with Gasteiger partial charge in [0.05, 0.1) is 12.8 Å². The van der Waals surface area contributed by atoms with E-state index in [9.17, 15) is 31.9 Å². The molecule has 1 aliphatic rings. The minimum absolute atomic E-state index is 0. The maximum absolute atomic E-state index is 13.2. The summed E-state index contributed by atoms with van der Waals surface area (Å²) >= 11 is 0. The van der Waals surface area contributed by atoms with Crippen molar-refractivity contribution in [2.24, 2.45) is 0 Å². The van der Waals surface area contributed by atoms with Crippen LogP contribution >= 0.6 is 0 Å². The predicted molar refractivity (Wildman–Crippen MR) is 49.6 cm³/mol. The van der Waals surface area contributed by atoms with Crippen molar-refractivity contribution in [3.8, 4) is 0 Å². The smallest absolute Gasteiger partial charge is 0.443 e. The van der Waals surface area contributed by atoms with E-state index >= 15 is 0 Å². The van der Waals surface area contributed by atoms with Crippen LogP contribution in [0.1, 0.15) is 19.8 Å². The number of rotatable bonds is 2. The minimum atomic E-state index is -5.47. The molecule has 1 aliphatic heterocycles. The number of hydrogen-bond acceptors (Lipinski definition) is 4. The average Bonchev–Trinajstić information content (AvgIpc) is 2.10. The summed E-state index contributed by atoms with van der Waals surface area (Å²) in [5, 5.41) is 9.21. The summed E-state index contributed by atoms with van der Waals surface area (Å²) in [6.45, 7) is 3.70. The van der Waals surface area contributed by atoms with Crippen LogP contribution in [-0.4, -0.2) is 34.7 Å². The minimum Gasteiger partial charge on any atom is -0.483 e. The van der Waals surface area contributed by atoms with Crippen molar-refractivity contribution in [2.45, 2.75) is 43.4 Å². The Kier molecular flexibility index (Phi) is 5.48. The molecular formula is C10H10F5O4Rh-. The molecule has 20 heavy (non-hydrogen) atoms. The van der Waals surface area contributed by atoms with Crippen LogP contribution < -0.4 is 0 Å². The van der Waals surface area contributed by atoms with E-state index < -0.39 is 42.5 Å². The molecule has 1 radical (unpaired) electrons. The molecule has 2 atom stereocenters. The Morgan fingerprint density at radius 1 is 1.40 bits per heavy atom. The van der Waals surface area contributed by atoms with Crippen LogP contribution in [0.2, 0.25) is 0 Å². The van der Waals surface area contributed by atoms with Gasteiger partial charge in [0.15, 0.2) is 0 Å². The number of esters is 1. The second-order valence-corrected chi connectivity index (χ2v) is 4.39. The number of ether oxygens (including phenoxy) is 2. The number of carbonyl (C=O) groups excluding carboxylic acids is 1. The van der Waals surface area contributed by atoms with Crippen molar-refractivity contribution in [3.05, 3.63) is 12.7 Å². The van der Waals surface area contributed by atoms with Gasteiger partial charge in [0.1, 0.15) is 11.6 Å². The molecule has 0 spiro atoms. The molecule has 10 heteroatoms. The summed E-state index contributed by atoms with van der Waals surface area (Å²) in [6.07, 6.45) is -10.8. The Labute approximate surface area is 123 Å². The first-order valence-electron chi connectivity index (χ1n) is 4.96. The maximum atomic E-state index is 13.2. The molecule has 1 heterocycles. The van der Waals surface area contributed by atoms with Crippen molar-refractivity contribution < 1.29 is 60.8 Å². The Bertz CT molecular complexity index is 400. The number of halogens is 5. The predicted octanol–water partition coefficient (Wildman–Crippen LogP) is 1.93. The van der Waals surface area contributed by atoms with Crippen LogP contribution in [0, 0.1) is 6.08 Å². The molecule has 1 rings (SSSR count). The Morgan fingerprint density at radius 2 is 1.90 bits per heavy atom. The molecule has 2 unspecified atom stereocenters. The molecule has 0 aromatic rings.